The third kappa shape index (κ3) is 1.90. The van der Waals surface area contributed by atoms with Crippen LogP contribution in [0, 0.1) is 5.41 Å². The average Bonchev–Trinajstić information content (AvgIpc) is 2.31. The molecule has 1 heterocycles. The van der Waals surface area contributed by atoms with Crippen LogP contribution in [-0.2, 0) is 20.7 Å². The van der Waals surface area contributed by atoms with Gasteiger partial charge in [0.25, 0.3) is 0 Å². The van der Waals surface area contributed by atoms with Crippen LogP contribution in [0.5, 0.6) is 0 Å². The largest absolute Gasteiger partial charge is 0.465 e. The van der Waals surface area contributed by atoms with Crippen molar-refractivity contribution in [2.45, 2.75) is 20.3 Å². The standard InChI is InChI=1S/C13H15NO3/c1-3-17-12(16)13(2)8-9-6-4-5-7-10(9)14-11(13)15/h4-7H,3,8H2,1-2H3,(H,14,15). The number of esters is 1. The second-order valence-corrected chi connectivity index (χ2v) is 4.34. The quantitative estimate of drug-likeness (QED) is 0.625. The number of carbonyl (C=O) groups excluding carboxylic acids is 2. The van der Waals surface area contributed by atoms with E-state index in [9.17, 15) is 9.59 Å². The highest BCUT2D eigenvalue weighted by atomic mass is 16.5. The molecule has 1 aromatic carbocycles. The number of para-hydroxylation sites is 1. The number of fused-ring (bicyclic) bond motifs is 1. The minimum absolute atomic E-state index is 0.281. The number of ether oxygens (including phenoxy) is 1. The summed E-state index contributed by atoms with van der Waals surface area (Å²) in [5.74, 6) is -0.762. The van der Waals surface area contributed by atoms with E-state index in [1.165, 1.54) is 0 Å². The number of carbonyl (C=O) groups is 2. The minimum Gasteiger partial charge on any atom is -0.465 e. The Morgan fingerprint density at radius 2 is 2.18 bits per heavy atom. The van der Waals surface area contributed by atoms with Crippen molar-refractivity contribution >= 4 is 17.6 Å². The van der Waals surface area contributed by atoms with E-state index in [-0.39, 0.29) is 12.5 Å². The molecule has 0 aliphatic carbocycles. The molecule has 0 spiro atoms. The van der Waals surface area contributed by atoms with Gasteiger partial charge in [0.2, 0.25) is 5.91 Å². The minimum atomic E-state index is -1.12. The van der Waals surface area contributed by atoms with Crippen LogP contribution in [0.15, 0.2) is 24.3 Å². The van der Waals surface area contributed by atoms with Crippen molar-refractivity contribution in [1.82, 2.24) is 0 Å². The molecule has 1 amide bonds. The summed E-state index contributed by atoms with van der Waals surface area (Å²) < 4.78 is 4.97. The molecule has 17 heavy (non-hydrogen) atoms. The number of hydrogen-bond acceptors (Lipinski definition) is 3. The van der Waals surface area contributed by atoms with Crippen molar-refractivity contribution in [2.75, 3.05) is 11.9 Å². The Morgan fingerprint density at radius 1 is 1.47 bits per heavy atom. The van der Waals surface area contributed by atoms with E-state index >= 15 is 0 Å². The average molecular weight is 233 g/mol. The number of nitrogens with one attached hydrogen (secondary N) is 1. The molecule has 1 N–H and O–H groups in total. The molecule has 4 heteroatoms. The lowest BCUT2D eigenvalue weighted by Crippen LogP contribution is -2.46. The summed E-state index contributed by atoms with van der Waals surface area (Å²) in [5, 5.41) is 2.75. The Morgan fingerprint density at radius 3 is 2.88 bits per heavy atom. The molecule has 1 unspecified atom stereocenters. The van der Waals surface area contributed by atoms with Crippen molar-refractivity contribution in [3.8, 4) is 0 Å². The molecule has 1 atom stereocenters. The van der Waals surface area contributed by atoms with Crippen LogP contribution >= 0.6 is 0 Å². The third-order valence-electron chi connectivity index (χ3n) is 3.04. The first-order valence-electron chi connectivity index (χ1n) is 5.64. The van der Waals surface area contributed by atoms with Gasteiger partial charge in [-0.3, -0.25) is 9.59 Å². The summed E-state index contributed by atoms with van der Waals surface area (Å²) in [6, 6.07) is 7.48. The zero-order valence-corrected chi connectivity index (χ0v) is 9.95. The van der Waals surface area contributed by atoms with Gasteiger partial charge in [-0.25, -0.2) is 0 Å². The molecule has 2 rings (SSSR count). The zero-order chi connectivity index (χ0) is 12.5. The molecule has 0 bridgehead atoms. The van der Waals surface area contributed by atoms with Crippen LogP contribution in [0.1, 0.15) is 19.4 Å². The lowest BCUT2D eigenvalue weighted by atomic mass is 9.79. The molecule has 1 aromatic rings. The van der Waals surface area contributed by atoms with E-state index in [4.69, 9.17) is 4.74 Å². The van der Waals surface area contributed by atoms with E-state index < -0.39 is 11.4 Å². The summed E-state index contributed by atoms with van der Waals surface area (Å²) in [6.07, 6.45) is 0.383. The number of benzene rings is 1. The molecule has 0 saturated heterocycles. The first-order chi connectivity index (χ1) is 8.08. The highest BCUT2D eigenvalue weighted by Crippen LogP contribution is 2.34. The highest BCUT2D eigenvalue weighted by Gasteiger charge is 2.45. The maximum atomic E-state index is 12.0. The number of hydrogen-bond donors (Lipinski definition) is 1. The van der Waals surface area contributed by atoms with Gasteiger partial charge < -0.3 is 10.1 Å². The van der Waals surface area contributed by atoms with Gasteiger partial charge in [-0.15, -0.1) is 0 Å². The van der Waals surface area contributed by atoms with Crippen molar-refractivity contribution < 1.29 is 14.3 Å². The summed E-state index contributed by atoms with van der Waals surface area (Å²) in [4.78, 5) is 23.8. The van der Waals surface area contributed by atoms with E-state index in [1.807, 2.05) is 24.3 Å². The number of amides is 1. The lowest BCUT2D eigenvalue weighted by molar-refractivity contribution is -0.158. The Labute approximate surface area is 100.0 Å². The van der Waals surface area contributed by atoms with Gasteiger partial charge in [-0.05, 0) is 31.9 Å². The fourth-order valence-electron chi connectivity index (χ4n) is 1.97. The SMILES string of the molecule is CCOC(=O)C1(C)Cc2ccccc2NC1=O. The molecule has 1 aliphatic rings. The Hall–Kier alpha value is -1.84. The van der Waals surface area contributed by atoms with Crippen LogP contribution in [0.4, 0.5) is 5.69 Å². The predicted octanol–water partition coefficient (Wildman–Crippen LogP) is 1.75. The second kappa shape index (κ2) is 4.20. The molecule has 0 fully saturated rings. The second-order valence-electron chi connectivity index (χ2n) is 4.34. The van der Waals surface area contributed by atoms with Gasteiger partial charge in [0.05, 0.1) is 6.61 Å². The summed E-state index contributed by atoms with van der Waals surface area (Å²) in [6.45, 7) is 3.63. The summed E-state index contributed by atoms with van der Waals surface area (Å²) in [7, 11) is 0. The first-order valence-corrected chi connectivity index (χ1v) is 5.64. The maximum Gasteiger partial charge on any atom is 0.321 e. The Bertz CT molecular complexity index is 469. The molecular formula is C13H15NO3. The zero-order valence-electron chi connectivity index (χ0n) is 9.95. The van der Waals surface area contributed by atoms with Gasteiger partial charge in [0.15, 0.2) is 0 Å². The van der Waals surface area contributed by atoms with Crippen molar-refractivity contribution in [2.24, 2.45) is 5.41 Å². The molecule has 0 saturated carbocycles. The van der Waals surface area contributed by atoms with E-state index in [0.29, 0.717) is 6.42 Å². The first kappa shape index (κ1) is 11.6. The molecule has 0 aromatic heterocycles. The Kier molecular flexibility index (Phi) is 2.88. The molecule has 1 aliphatic heterocycles. The van der Waals surface area contributed by atoms with Crippen molar-refractivity contribution in [1.29, 1.82) is 0 Å². The van der Waals surface area contributed by atoms with Crippen molar-refractivity contribution in [3.63, 3.8) is 0 Å². The van der Waals surface area contributed by atoms with E-state index in [1.54, 1.807) is 13.8 Å². The monoisotopic (exact) mass is 233 g/mol. The fourth-order valence-corrected chi connectivity index (χ4v) is 1.97. The lowest BCUT2D eigenvalue weighted by Gasteiger charge is -2.31. The molecule has 90 valence electrons. The maximum absolute atomic E-state index is 12.0. The van der Waals surface area contributed by atoms with Gasteiger partial charge in [-0.1, -0.05) is 18.2 Å². The van der Waals surface area contributed by atoms with E-state index in [0.717, 1.165) is 11.3 Å². The fraction of sp³-hybridized carbons (Fsp3) is 0.385. The number of anilines is 1. The van der Waals surface area contributed by atoms with E-state index in [2.05, 4.69) is 5.32 Å². The van der Waals surface area contributed by atoms with Crippen LogP contribution in [0.2, 0.25) is 0 Å². The van der Waals surface area contributed by atoms with Gasteiger partial charge in [0.1, 0.15) is 5.41 Å². The van der Waals surface area contributed by atoms with Crippen LogP contribution < -0.4 is 5.32 Å². The topological polar surface area (TPSA) is 55.4 Å². The number of rotatable bonds is 2. The third-order valence-corrected chi connectivity index (χ3v) is 3.04. The Balaban J connectivity index is 2.34. The predicted molar refractivity (Wildman–Crippen MR) is 63.5 cm³/mol. The molecular weight excluding hydrogens is 218 g/mol. The van der Waals surface area contributed by atoms with Crippen LogP contribution in [0.25, 0.3) is 0 Å². The van der Waals surface area contributed by atoms with Crippen LogP contribution in [0.3, 0.4) is 0 Å². The highest BCUT2D eigenvalue weighted by molar-refractivity contribution is 6.10. The molecule has 0 radical (unpaired) electrons. The van der Waals surface area contributed by atoms with Gasteiger partial charge >= 0.3 is 5.97 Å². The van der Waals surface area contributed by atoms with Gasteiger partial charge in [0, 0.05) is 5.69 Å². The van der Waals surface area contributed by atoms with Gasteiger partial charge in [-0.2, -0.15) is 0 Å². The smallest absolute Gasteiger partial charge is 0.321 e. The summed E-state index contributed by atoms with van der Waals surface area (Å²) in [5.41, 5.74) is 0.617. The van der Waals surface area contributed by atoms with Crippen molar-refractivity contribution in [3.05, 3.63) is 29.8 Å². The summed E-state index contributed by atoms with van der Waals surface area (Å²) >= 11 is 0. The normalized spacial score (nSPS) is 22.6. The van der Waals surface area contributed by atoms with Crippen LogP contribution in [-0.4, -0.2) is 18.5 Å². The molecule has 4 nitrogen and oxygen atoms in total.